The van der Waals surface area contributed by atoms with Gasteiger partial charge in [0.1, 0.15) is 11.2 Å². The molecule has 0 amide bonds. The molecule has 4 aromatic rings. The normalized spacial score (nSPS) is 16.6. The van der Waals surface area contributed by atoms with Gasteiger partial charge >= 0.3 is 0 Å². The van der Waals surface area contributed by atoms with Gasteiger partial charge in [-0.3, -0.25) is 9.20 Å². The van der Waals surface area contributed by atoms with E-state index in [2.05, 4.69) is 22.1 Å². The highest BCUT2D eigenvalue weighted by Gasteiger charge is 2.25. The van der Waals surface area contributed by atoms with E-state index in [-0.39, 0.29) is 5.78 Å². The van der Waals surface area contributed by atoms with Crippen molar-refractivity contribution in [2.45, 2.75) is 37.3 Å². The maximum atomic E-state index is 12.5. The molecule has 0 aliphatic heterocycles. The SMILES string of the molecule is C[C@H]1CCCc2sc3ncn4c(SCC(=O)c5ccc(Cl)cc5)nnc4c3c21. The van der Waals surface area contributed by atoms with Gasteiger partial charge in [-0.1, -0.05) is 30.3 Å². The van der Waals surface area contributed by atoms with Gasteiger partial charge in [-0.05, 0) is 55.0 Å². The van der Waals surface area contributed by atoms with E-state index in [4.69, 9.17) is 11.6 Å². The summed E-state index contributed by atoms with van der Waals surface area (Å²) in [6.45, 7) is 2.28. The quantitative estimate of drug-likeness (QED) is 0.321. The second kappa shape index (κ2) is 7.13. The lowest BCUT2D eigenvalue weighted by molar-refractivity contribution is 0.102. The Kier molecular flexibility index (Phi) is 4.61. The lowest BCUT2D eigenvalue weighted by atomic mass is 9.87. The highest BCUT2D eigenvalue weighted by Crippen LogP contribution is 2.42. The molecule has 8 heteroatoms. The van der Waals surface area contributed by atoms with Crippen LogP contribution in [0.3, 0.4) is 0 Å². The van der Waals surface area contributed by atoms with Crippen molar-refractivity contribution in [1.29, 1.82) is 0 Å². The molecular weight excluding hydrogens is 412 g/mol. The number of nitrogens with zero attached hydrogens (tertiary/aromatic N) is 4. The Labute approximate surface area is 175 Å². The first-order chi connectivity index (χ1) is 13.6. The molecule has 0 saturated carbocycles. The Morgan fingerprint density at radius 2 is 2.14 bits per heavy atom. The molecule has 1 aromatic carbocycles. The largest absolute Gasteiger partial charge is 0.293 e. The summed E-state index contributed by atoms with van der Waals surface area (Å²) in [5.74, 6) is 0.845. The molecule has 0 bridgehead atoms. The van der Waals surface area contributed by atoms with Crippen LogP contribution >= 0.6 is 34.7 Å². The van der Waals surface area contributed by atoms with Crippen molar-refractivity contribution >= 4 is 56.3 Å². The molecule has 3 aromatic heterocycles. The van der Waals surface area contributed by atoms with E-state index in [0.717, 1.165) is 22.3 Å². The number of fused-ring (bicyclic) bond motifs is 5. The smallest absolute Gasteiger partial charge is 0.197 e. The molecule has 5 rings (SSSR count). The Hall–Kier alpha value is -1.96. The van der Waals surface area contributed by atoms with Crippen molar-refractivity contribution in [1.82, 2.24) is 19.6 Å². The van der Waals surface area contributed by atoms with Crippen molar-refractivity contribution in [2.75, 3.05) is 5.75 Å². The number of hydrogen-bond donors (Lipinski definition) is 0. The first-order valence-electron chi connectivity index (χ1n) is 9.18. The minimum atomic E-state index is 0.0361. The van der Waals surface area contributed by atoms with E-state index in [1.165, 1.54) is 35.0 Å². The fourth-order valence-corrected chi connectivity index (χ4v) is 6.03. The number of Topliss-reactive ketones (excluding diaryl/α,β-unsaturated/α-hetero) is 1. The van der Waals surface area contributed by atoms with Crippen molar-refractivity contribution in [3.8, 4) is 0 Å². The molecule has 0 fully saturated rings. The van der Waals surface area contributed by atoms with E-state index in [1.807, 2.05) is 4.40 Å². The third-order valence-corrected chi connectivity index (χ3v) is 7.58. The van der Waals surface area contributed by atoms with E-state index >= 15 is 0 Å². The number of ketones is 1. The van der Waals surface area contributed by atoms with E-state index in [9.17, 15) is 4.79 Å². The fraction of sp³-hybridized carbons (Fsp3) is 0.300. The number of thioether (sulfide) groups is 1. The zero-order valence-electron chi connectivity index (χ0n) is 15.2. The third kappa shape index (κ3) is 3.02. The van der Waals surface area contributed by atoms with Crippen LogP contribution in [-0.4, -0.2) is 31.1 Å². The summed E-state index contributed by atoms with van der Waals surface area (Å²) in [5, 5.41) is 11.2. The minimum Gasteiger partial charge on any atom is -0.293 e. The molecule has 0 N–H and O–H groups in total. The van der Waals surface area contributed by atoms with Crippen LogP contribution in [0.5, 0.6) is 0 Å². The second-order valence-electron chi connectivity index (χ2n) is 7.05. The number of benzene rings is 1. The molecule has 28 heavy (non-hydrogen) atoms. The number of halogens is 1. The van der Waals surface area contributed by atoms with Gasteiger partial charge in [0, 0.05) is 15.5 Å². The average Bonchev–Trinajstić information content (AvgIpc) is 3.28. The number of rotatable bonds is 4. The Morgan fingerprint density at radius 3 is 2.96 bits per heavy atom. The fourth-order valence-electron chi connectivity index (χ4n) is 3.81. The van der Waals surface area contributed by atoms with Crippen LogP contribution in [0.2, 0.25) is 5.02 Å². The van der Waals surface area contributed by atoms with Crippen LogP contribution < -0.4 is 0 Å². The van der Waals surface area contributed by atoms with Gasteiger partial charge in [-0.2, -0.15) is 0 Å². The molecule has 0 unspecified atom stereocenters. The Bertz CT molecular complexity index is 1200. The molecule has 0 radical (unpaired) electrons. The van der Waals surface area contributed by atoms with Crippen LogP contribution in [0.1, 0.15) is 46.5 Å². The van der Waals surface area contributed by atoms with Crippen LogP contribution in [-0.2, 0) is 6.42 Å². The Morgan fingerprint density at radius 1 is 1.32 bits per heavy atom. The Balaban J connectivity index is 1.48. The van der Waals surface area contributed by atoms with Crippen molar-refractivity contribution in [3.63, 3.8) is 0 Å². The van der Waals surface area contributed by atoms with Crippen molar-refractivity contribution < 1.29 is 4.79 Å². The monoisotopic (exact) mass is 428 g/mol. The minimum absolute atomic E-state index is 0.0361. The zero-order valence-corrected chi connectivity index (χ0v) is 17.6. The van der Waals surface area contributed by atoms with Crippen molar-refractivity contribution in [3.05, 3.63) is 51.6 Å². The molecule has 1 aliphatic carbocycles. The standard InChI is InChI=1S/C20H17ClN4OS2/c1-11-3-2-4-15-16(11)17-18-23-24-20(25(18)10-22-19(17)28-15)27-9-14(26)12-5-7-13(21)8-6-12/h5-8,10-11H,2-4,9H2,1H3/t11-/m0/s1. The summed E-state index contributed by atoms with van der Waals surface area (Å²) in [6.07, 6.45) is 5.33. The third-order valence-electron chi connectivity index (χ3n) is 5.21. The molecule has 1 aliphatic rings. The summed E-state index contributed by atoms with van der Waals surface area (Å²) < 4.78 is 1.91. The summed E-state index contributed by atoms with van der Waals surface area (Å²) in [6, 6.07) is 6.95. The molecule has 0 spiro atoms. The molecule has 142 valence electrons. The molecular formula is C20H17ClN4OS2. The summed E-state index contributed by atoms with van der Waals surface area (Å²) >= 11 is 9.06. The van der Waals surface area contributed by atoms with Gasteiger partial charge in [0.2, 0.25) is 0 Å². The highest BCUT2D eigenvalue weighted by molar-refractivity contribution is 7.99. The van der Waals surface area contributed by atoms with E-state index in [1.54, 1.807) is 41.9 Å². The van der Waals surface area contributed by atoms with Gasteiger partial charge in [0.15, 0.2) is 16.6 Å². The van der Waals surface area contributed by atoms with E-state index in [0.29, 0.717) is 27.4 Å². The number of aryl methyl sites for hydroxylation is 1. The van der Waals surface area contributed by atoms with Crippen molar-refractivity contribution in [2.24, 2.45) is 0 Å². The van der Waals surface area contributed by atoms with Gasteiger partial charge in [0.25, 0.3) is 0 Å². The van der Waals surface area contributed by atoms with Gasteiger partial charge in [-0.25, -0.2) is 4.98 Å². The molecule has 3 heterocycles. The number of hydrogen-bond acceptors (Lipinski definition) is 6. The number of carbonyl (C=O) groups excluding carboxylic acids is 1. The number of thiophene rings is 1. The van der Waals surface area contributed by atoms with Crippen LogP contribution in [0.15, 0.2) is 35.7 Å². The lowest BCUT2D eigenvalue weighted by Crippen LogP contribution is -2.04. The summed E-state index contributed by atoms with van der Waals surface area (Å²) in [5.41, 5.74) is 2.88. The maximum absolute atomic E-state index is 12.5. The first kappa shape index (κ1) is 18.1. The molecule has 0 saturated heterocycles. The van der Waals surface area contributed by atoms with Gasteiger partial charge < -0.3 is 0 Å². The van der Waals surface area contributed by atoms with Gasteiger partial charge in [0.05, 0.1) is 11.1 Å². The van der Waals surface area contributed by atoms with E-state index < -0.39 is 0 Å². The first-order valence-corrected chi connectivity index (χ1v) is 11.4. The highest BCUT2D eigenvalue weighted by atomic mass is 35.5. The lowest BCUT2D eigenvalue weighted by Gasteiger charge is -2.18. The van der Waals surface area contributed by atoms with Gasteiger partial charge in [-0.15, -0.1) is 21.5 Å². The zero-order chi connectivity index (χ0) is 19.3. The van der Waals surface area contributed by atoms with Crippen LogP contribution in [0.4, 0.5) is 0 Å². The predicted molar refractivity (Wildman–Crippen MR) is 114 cm³/mol. The number of carbonyl (C=O) groups is 1. The number of aromatic nitrogens is 4. The average molecular weight is 429 g/mol. The molecule has 5 nitrogen and oxygen atoms in total. The predicted octanol–water partition coefficient (Wildman–Crippen LogP) is 5.41. The summed E-state index contributed by atoms with van der Waals surface area (Å²) in [7, 11) is 0. The molecule has 1 atom stereocenters. The van der Waals surface area contributed by atoms with Crippen LogP contribution in [0.25, 0.3) is 15.9 Å². The second-order valence-corrected chi connectivity index (χ2v) is 9.51. The maximum Gasteiger partial charge on any atom is 0.197 e. The van der Waals surface area contributed by atoms with Crippen LogP contribution in [0, 0.1) is 0 Å². The topological polar surface area (TPSA) is 60.2 Å². The summed E-state index contributed by atoms with van der Waals surface area (Å²) in [4.78, 5) is 19.6.